The molecular formula is C11H18ClNO. The number of hydrogen-bond acceptors (Lipinski definition) is 2. The first-order chi connectivity index (χ1) is 6.18. The third-order valence-electron chi connectivity index (χ3n) is 3.17. The third kappa shape index (κ3) is 1.96. The molecule has 14 heavy (non-hydrogen) atoms. The number of nitrogens with two attached hydrogens (primary N) is 1. The van der Waals surface area contributed by atoms with Gasteiger partial charge < -0.3 is 10.2 Å². The highest BCUT2D eigenvalue weighted by Gasteiger charge is 2.27. The number of hydrogen-bond donors (Lipinski definition) is 1. The minimum Gasteiger partial charge on any atom is -0.464 e. The van der Waals surface area contributed by atoms with E-state index in [0.29, 0.717) is 5.92 Å². The summed E-state index contributed by atoms with van der Waals surface area (Å²) in [7, 11) is 0. The van der Waals surface area contributed by atoms with Crippen LogP contribution in [0.2, 0.25) is 0 Å². The van der Waals surface area contributed by atoms with Crippen molar-refractivity contribution in [3.8, 4) is 0 Å². The van der Waals surface area contributed by atoms with Crippen LogP contribution in [-0.4, -0.2) is 0 Å². The van der Waals surface area contributed by atoms with E-state index in [-0.39, 0.29) is 18.4 Å². The van der Waals surface area contributed by atoms with E-state index in [1.54, 1.807) is 0 Å². The molecule has 0 radical (unpaired) electrons. The number of furan rings is 1. The van der Waals surface area contributed by atoms with Crippen molar-refractivity contribution in [1.82, 2.24) is 0 Å². The van der Waals surface area contributed by atoms with Crippen LogP contribution < -0.4 is 5.73 Å². The van der Waals surface area contributed by atoms with Crippen molar-refractivity contribution in [1.29, 1.82) is 0 Å². The first-order valence-corrected chi connectivity index (χ1v) is 5.01. The number of halogens is 1. The molecular weight excluding hydrogens is 198 g/mol. The summed E-state index contributed by atoms with van der Waals surface area (Å²) < 4.78 is 5.61. The molecule has 1 aliphatic rings. The largest absolute Gasteiger partial charge is 0.464 e. The fraction of sp³-hybridized carbons (Fsp3) is 0.636. The summed E-state index contributed by atoms with van der Waals surface area (Å²) in [5.74, 6) is 2.63. The van der Waals surface area contributed by atoms with E-state index in [2.05, 4.69) is 13.0 Å². The Hall–Kier alpha value is -0.470. The molecule has 1 aromatic heterocycles. The van der Waals surface area contributed by atoms with E-state index in [0.717, 1.165) is 11.5 Å². The van der Waals surface area contributed by atoms with E-state index in [9.17, 15) is 0 Å². The summed E-state index contributed by atoms with van der Waals surface area (Å²) in [5, 5.41) is 0. The van der Waals surface area contributed by atoms with Gasteiger partial charge in [0.1, 0.15) is 11.5 Å². The van der Waals surface area contributed by atoms with Crippen LogP contribution in [0.3, 0.4) is 0 Å². The average Bonchev–Trinajstić information content (AvgIpc) is 2.28. The van der Waals surface area contributed by atoms with Crippen LogP contribution >= 0.6 is 12.4 Å². The molecule has 0 spiro atoms. The van der Waals surface area contributed by atoms with Gasteiger partial charge in [-0.05, 0) is 44.2 Å². The molecule has 80 valence electrons. The maximum atomic E-state index is 6.09. The lowest BCUT2D eigenvalue weighted by Gasteiger charge is -2.29. The molecule has 0 amide bonds. The zero-order valence-electron chi connectivity index (χ0n) is 8.75. The molecule has 3 heteroatoms. The second kappa shape index (κ2) is 4.37. The van der Waals surface area contributed by atoms with Crippen molar-refractivity contribution < 1.29 is 4.42 Å². The predicted molar refractivity (Wildman–Crippen MR) is 59.7 cm³/mol. The summed E-state index contributed by atoms with van der Waals surface area (Å²) in [6, 6.07) is 2.21. The Morgan fingerprint density at radius 3 is 2.43 bits per heavy atom. The topological polar surface area (TPSA) is 39.2 Å². The lowest BCUT2D eigenvalue weighted by molar-refractivity contribution is 0.239. The van der Waals surface area contributed by atoms with Crippen LogP contribution in [0, 0.1) is 19.8 Å². The van der Waals surface area contributed by atoms with Crippen molar-refractivity contribution in [3.05, 3.63) is 23.2 Å². The van der Waals surface area contributed by atoms with Crippen molar-refractivity contribution in [2.24, 2.45) is 11.7 Å². The summed E-state index contributed by atoms with van der Waals surface area (Å²) in [4.78, 5) is 0. The van der Waals surface area contributed by atoms with Gasteiger partial charge in [-0.15, -0.1) is 12.4 Å². The molecule has 1 fully saturated rings. The Bertz CT molecular complexity index is 285. The molecule has 1 aromatic rings. The third-order valence-corrected chi connectivity index (χ3v) is 3.17. The fourth-order valence-electron chi connectivity index (χ4n) is 1.80. The summed E-state index contributed by atoms with van der Waals surface area (Å²) in [6.45, 7) is 4.06. The molecule has 1 saturated carbocycles. The van der Waals surface area contributed by atoms with Crippen LogP contribution in [0.15, 0.2) is 10.5 Å². The Balaban J connectivity index is 0.000000980. The van der Waals surface area contributed by atoms with Gasteiger partial charge in [0.05, 0.1) is 6.04 Å². The van der Waals surface area contributed by atoms with Crippen LogP contribution in [0.4, 0.5) is 0 Å². The van der Waals surface area contributed by atoms with E-state index in [1.165, 1.54) is 24.8 Å². The van der Waals surface area contributed by atoms with Gasteiger partial charge in [-0.1, -0.05) is 6.42 Å². The SMILES string of the molecule is Cc1cc([C@H](N)C2CCC2)oc1C.Cl. The molecule has 0 aliphatic heterocycles. The summed E-state index contributed by atoms with van der Waals surface area (Å²) in [6.07, 6.45) is 3.86. The Morgan fingerprint density at radius 1 is 1.43 bits per heavy atom. The van der Waals surface area contributed by atoms with Crippen molar-refractivity contribution in [2.75, 3.05) is 0 Å². The highest BCUT2D eigenvalue weighted by Crippen LogP contribution is 2.37. The van der Waals surface area contributed by atoms with E-state index < -0.39 is 0 Å². The highest BCUT2D eigenvalue weighted by molar-refractivity contribution is 5.85. The van der Waals surface area contributed by atoms with Gasteiger partial charge in [-0.2, -0.15) is 0 Å². The van der Waals surface area contributed by atoms with Gasteiger partial charge in [0, 0.05) is 0 Å². The summed E-state index contributed by atoms with van der Waals surface area (Å²) in [5.41, 5.74) is 7.30. The van der Waals surface area contributed by atoms with Gasteiger partial charge in [-0.3, -0.25) is 0 Å². The minimum atomic E-state index is 0. The molecule has 1 heterocycles. The smallest absolute Gasteiger partial charge is 0.121 e. The van der Waals surface area contributed by atoms with E-state index in [4.69, 9.17) is 10.2 Å². The molecule has 2 rings (SSSR count). The lowest BCUT2D eigenvalue weighted by Crippen LogP contribution is -2.26. The first kappa shape index (κ1) is 11.6. The molecule has 2 N–H and O–H groups in total. The van der Waals surface area contributed by atoms with Crippen LogP contribution in [-0.2, 0) is 0 Å². The number of rotatable bonds is 2. The van der Waals surface area contributed by atoms with Gasteiger partial charge in [0.15, 0.2) is 0 Å². The van der Waals surface area contributed by atoms with Crippen molar-refractivity contribution in [3.63, 3.8) is 0 Å². The predicted octanol–water partition coefficient (Wildman–Crippen LogP) is 3.12. The van der Waals surface area contributed by atoms with Crippen LogP contribution in [0.5, 0.6) is 0 Å². The lowest BCUT2D eigenvalue weighted by atomic mass is 9.79. The van der Waals surface area contributed by atoms with Crippen molar-refractivity contribution >= 4 is 12.4 Å². The van der Waals surface area contributed by atoms with Crippen molar-refractivity contribution in [2.45, 2.75) is 39.2 Å². The van der Waals surface area contributed by atoms with Gasteiger partial charge in [0.25, 0.3) is 0 Å². The van der Waals surface area contributed by atoms with E-state index >= 15 is 0 Å². The van der Waals surface area contributed by atoms with Gasteiger partial charge in [0.2, 0.25) is 0 Å². The van der Waals surface area contributed by atoms with Gasteiger partial charge in [-0.25, -0.2) is 0 Å². The second-order valence-electron chi connectivity index (χ2n) is 4.10. The quantitative estimate of drug-likeness (QED) is 0.824. The summed E-state index contributed by atoms with van der Waals surface area (Å²) >= 11 is 0. The molecule has 0 unspecified atom stereocenters. The maximum absolute atomic E-state index is 6.09. The molecule has 0 bridgehead atoms. The highest BCUT2D eigenvalue weighted by atomic mass is 35.5. The standard InChI is InChI=1S/C11H17NO.ClH/c1-7-6-10(13-8(7)2)11(12)9-4-3-5-9;/h6,9,11H,3-5,12H2,1-2H3;1H/t11-;/m1./s1. The maximum Gasteiger partial charge on any atom is 0.121 e. The Morgan fingerprint density at radius 2 is 2.07 bits per heavy atom. The Labute approximate surface area is 91.3 Å². The van der Waals surface area contributed by atoms with Crippen LogP contribution in [0.1, 0.15) is 42.4 Å². The van der Waals surface area contributed by atoms with Gasteiger partial charge >= 0.3 is 0 Å². The minimum absolute atomic E-state index is 0. The fourth-order valence-corrected chi connectivity index (χ4v) is 1.80. The molecule has 1 aliphatic carbocycles. The number of aryl methyl sites for hydroxylation is 2. The molecule has 2 nitrogen and oxygen atoms in total. The molecule has 0 saturated heterocycles. The van der Waals surface area contributed by atoms with Crippen LogP contribution in [0.25, 0.3) is 0 Å². The van der Waals surface area contributed by atoms with E-state index in [1.807, 2.05) is 6.92 Å². The zero-order chi connectivity index (χ0) is 9.42. The zero-order valence-corrected chi connectivity index (χ0v) is 9.56. The molecule has 0 aromatic carbocycles. The average molecular weight is 216 g/mol. The monoisotopic (exact) mass is 215 g/mol. The Kier molecular flexibility index (Phi) is 3.62. The molecule has 1 atom stereocenters. The normalized spacial score (nSPS) is 18.5. The second-order valence-corrected chi connectivity index (χ2v) is 4.10. The first-order valence-electron chi connectivity index (χ1n) is 5.01.